The van der Waals surface area contributed by atoms with Crippen molar-refractivity contribution in [1.82, 2.24) is 10.6 Å². The molecule has 40 heavy (non-hydrogen) atoms. The predicted molar refractivity (Wildman–Crippen MR) is 152 cm³/mol. The number of carboxylic acid groups (broad SMARTS) is 1. The maximum absolute atomic E-state index is 12.9. The number of fused-ring (bicyclic) bond motifs is 2. The van der Waals surface area contributed by atoms with Gasteiger partial charge in [0, 0.05) is 33.9 Å². The van der Waals surface area contributed by atoms with E-state index < -0.39 is 29.5 Å². The first-order chi connectivity index (χ1) is 19.0. The fourth-order valence-electron chi connectivity index (χ4n) is 5.04. The molecule has 0 spiro atoms. The summed E-state index contributed by atoms with van der Waals surface area (Å²) in [4.78, 5) is 49.1. The fourth-order valence-corrected chi connectivity index (χ4v) is 5.04. The Morgan fingerprint density at radius 3 is 2.27 bits per heavy atom. The summed E-state index contributed by atoms with van der Waals surface area (Å²) in [6.45, 7) is 8.82. The van der Waals surface area contributed by atoms with Gasteiger partial charge in [-0.3, -0.25) is 9.59 Å². The van der Waals surface area contributed by atoms with E-state index in [4.69, 9.17) is 8.83 Å². The van der Waals surface area contributed by atoms with Crippen LogP contribution in [0.4, 0.5) is 0 Å². The molecule has 9 heteroatoms. The summed E-state index contributed by atoms with van der Waals surface area (Å²) in [5, 5.41) is 16.0. The third-order valence-electron chi connectivity index (χ3n) is 7.54. The molecular weight excluding hydrogens is 512 g/mol. The molecule has 0 saturated heterocycles. The number of carbonyl (C=O) groups excluding carboxylic acids is 2. The van der Waals surface area contributed by atoms with Gasteiger partial charge in [0.2, 0.25) is 11.8 Å². The number of benzene rings is 2. The monoisotopic (exact) mass is 546 g/mol. The normalized spacial score (nSPS) is 12.8. The molecule has 0 aliphatic heterocycles. The van der Waals surface area contributed by atoms with Gasteiger partial charge >= 0.3 is 11.6 Å². The minimum absolute atomic E-state index is 0.0422. The number of carboxylic acids is 1. The molecule has 2 atom stereocenters. The van der Waals surface area contributed by atoms with Gasteiger partial charge in [0.05, 0.1) is 6.54 Å². The number of amides is 2. The van der Waals surface area contributed by atoms with Gasteiger partial charge in [-0.05, 0) is 50.3 Å². The van der Waals surface area contributed by atoms with Crippen LogP contribution in [0.1, 0.15) is 49.1 Å². The molecule has 4 aromatic rings. The Kier molecular flexibility index (Phi) is 8.42. The number of hydrogen-bond acceptors (Lipinski definition) is 6. The molecule has 9 nitrogen and oxygen atoms in total. The van der Waals surface area contributed by atoms with Gasteiger partial charge in [0.25, 0.3) is 0 Å². The Balaban J connectivity index is 1.54. The first kappa shape index (κ1) is 28.6. The van der Waals surface area contributed by atoms with E-state index in [1.165, 1.54) is 0 Å². The molecule has 4 rings (SSSR count). The molecular formula is C31H34N2O7. The van der Waals surface area contributed by atoms with Crippen LogP contribution in [0, 0.1) is 26.7 Å². The number of rotatable bonds is 10. The number of hydrogen-bond donors (Lipinski definition) is 3. The zero-order valence-corrected chi connectivity index (χ0v) is 23.3. The van der Waals surface area contributed by atoms with Gasteiger partial charge < -0.3 is 24.6 Å². The Labute approximate surface area is 231 Å². The van der Waals surface area contributed by atoms with E-state index in [0.29, 0.717) is 23.2 Å². The van der Waals surface area contributed by atoms with Crippen molar-refractivity contribution in [2.75, 3.05) is 6.54 Å². The van der Waals surface area contributed by atoms with Crippen LogP contribution >= 0.6 is 0 Å². The van der Waals surface area contributed by atoms with E-state index in [1.807, 2.05) is 64.1 Å². The summed E-state index contributed by atoms with van der Waals surface area (Å²) in [5.74, 6) is -1.65. The van der Waals surface area contributed by atoms with Crippen molar-refractivity contribution in [2.45, 2.75) is 59.9 Å². The number of aryl methyl sites for hydroxylation is 3. The van der Waals surface area contributed by atoms with Crippen LogP contribution in [0.5, 0.6) is 0 Å². The quantitative estimate of drug-likeness (QED) is 0.243. The molecule has 3 N–H and O–H groups in total. The molecule has 2 heterocycles. The van der Waals surface area contributed by atoms with Crippen LogP contribution < -0.4 is 16.3 Å². The largest absolute Gasteiger partial charge is 0.480 e. The number of carbonyl (C=O) groups is 3. The lowest BCUT2D eigenvalue weighted by molar-refractivity contribution is -0.143. The van der Waals surface area contributed by atoms with Crippen molar-refractivity contribution in [3.8, 4) is 11.1 Å². The zero-order chi connectivity index (χ0) is 29.1. The van der Waals surface area contributed by atoms with E-state index in [2.05, 4.69) is 10.6 Å². The predicted octanol–water partition coefficient (Wildman–Crippen LogP) is 4.80. The lowest BCUT2D eigenvalue weighted by Crippen LogP contribution is -2.48. The Bertz CT molecular complexity index is 1650. The average Bonchev–Trinajstić information content (AvgIpc) is 3.27. The molecule has 2 aromatic carbocycles. The van der Waals surface area contributed by atoms with Gasteiger partial charge in [-0.2, -0.15) is 0 Å². The van der Waals surface area contributed by atoms with Crippen LogP contribution in [0.2, 0.25) is 0 Å². The van der Waals surface area contributed by atoms with Gasteiger partial charge in [-0.25, -0.2) is 9.59 Å². The second kappa shape index (κ2) is 11.8. The number of furan rings is 1. The molecule has 0 saturated carbocycles. The van der Waals surface area contributed by atoms with Gasteiger partial charge in [0.1, 0.15) is 23.0 Å². The standard InChI is InChI=1S/C31H34N2O7/c1-6-16(2)27(30(36)37)33-25(35)15-32-24(34)13-12-21-17(3)22-14-23-26(20-10-8-7-9-11-20)19(5)39-29(23)18(4)28(22)40-31(21)38/h7-11,14,16,27H,6,12-13,15H2,1-5H3,(H,32,34)(H,33,35)(H,36,37). The lowest BCUT2D eigenvalue weighted by atomic mass is 9.96. The van der Waals surface area contributed by atoms with Crippen molar-refractivity contribution < 1.29 is 28.3 Å². The second-order valence-corrected chi connectivity index (χ2v) is 10.2. The summed E-state index contributed by atoms with van der Waals surface area (Å²) in [6, 6.07) is 10.9. The maximum atomic E-state index is 12.9. The molecule has 0 bridgehead atoms. The SMILES string of the molecule is CCC(C)C(NC(=O)CNC(=O)CCc1c(C)c2cc3c(-c4ccccc4)c(C)oc3c(C)c2oc1=O)C(=O)O. The van der Waals surface area contributed by atoms with E-state index in [1.54, 1.807) is 6.92 Å². The minimum atomic E-state index is -1.12. The minimum Gasteiger partial charge on any atom is -0.480 e. The van der Waals surface area contributed by atoms with E-state index in [0.717, 1.165) is 38.8 Å². The molecule has 0 radical (unpaired) electrons. The van der Waals surface area contributed by atoms with Crippen LogP contribution in [0.3, 0.4) is 0 Å². The Morgan fingerprint density at radius 1 is 0.950 bits per heavy atom. The van der Waals surface area contributed by atoms with Crippen LogP contribution in [0.25, 0.3) is 33.1 Å². The highest BCUT2D eigenvalue weighted by Gasteiger charge is 2.25. The summed E-state index contributed by atoms with van der Waals surface area (Å²) >= 11 is 0. The summed E-state index contributed by atoms with van der Waals surface area (Å²) in [6.07, 6.45) is 0.657. The van der Waals surface area contributed by atoms with Crippen LogP contribution in [0.15, 0.2) is 50.0 Å². The third kappa shape index (κ3) is 5.64. The highest BCUT2D eigenvalue weighted by molar-refractivity contribution is 6.05. The van der Waals surface area contributed by atoms with E-state index in [-0.39, 0.29) is 25.3 Å². The molecule has 2 aromatic heterocycles. The number of nitrogens with one attached hydrogen (secondary N) is 2. The number of aliphatic carboxylic acids is 1. The van der Waals surface area contributed by atoms with E-state index in [9.17, 15) is 24.3 Å². The van der Waals surface area contributed by atoms with Crippen LogP contribution in [-0.2, 0) is 20.8 Å². The smallest absolute Gasteiger partial charge is 0.339 e. The van der Waals surface area contributed by atoms with Crippen molar-refractivity contribution in [3.63, 3.8) is 0 Å². The Morgan fingerprint density at radius 2 is 1.62 bits per heavy atom. The van der Waals surface area contributed by atoms with Crippen LogP contribution in [-0.4, -0.2) is 35.5 Å². The lowest BCUT2D eigenvalue weighted by Gasteiger charge is -2.20. The Hall–Kier alpha value is -4.40. The van der Waals surface area contributed by atoms with Gasteiger partial charge in [0.15, 0.2) is 0 Å². The topological polar surface area (TPSA) is 139 Å². The molecule has 2 unspecified atom stereocenters. The molecule has 210 valence electrons. The third-order valence-corrected chi connectivity index (χ3v) is 7.54. The fraction of sp³-hybridized carbons (Fsp3) is 0.355. The van der Waals surface area contributed by atoms with Crippen molar-refractivity contribution in [1.29, 1.82) is 0 Å². The molecule has 2 amide bonds. The highest BCUT2D eigenvalue weighted by atomic mass is 16.4. The van der Waals surface area contributed by atoms with E-state index >= 15 is 0 Å². The highest BCUT2D eigenvalue weighted by Crippen LogP contribution is 2.39. The first-order valence-corrected chi connectivity index (χ1v) is 13.4. The second-order valence-electron chi connectivity index (χ2n) is 10.2. The first-order valence-electron chi connectivity index (χ1n) is 13.4. The summed E-state index contributed by atoms with van der Waals surface area (Å²) in [5.41, 5.74) is 4.41. The zero-order valence-electron chi connectivity index (χ0n) is 23.3. The molecule has 0 aliphatic carbocycles. The average molecular weight is 547 g/mol. The van der Waals surface area contributed by atoms with Gasteiger partial charge in [-0.15, -0.1) is 0 Å². The molecule has 0 aliphatic rings. The summed E-state index contributed by atoms with van der Waals surface area (Å²) < 4.78 is 11.8. The van der Waals surface area contributed by atoms with Crippen molar-refractivity contribution in [3.05, 3.63) is 69.3 Å². The molecule has 0 fully saturated rings. The summed E-state index contributed by atoms with van der Waals surface area (Å²) in [7, 11) is 0. The maximum Gasteiger partial charge on any atom is 0.339 e. The van der Waals surface area contributed by atoms with Crippen molar-refractivity contribution in [2.24, 2.45) is 5.92 Å². The van der Waals surface area contributed by atoms with Crippen molar-refractivity contribution >= 4 is 39.7 Å². The van der Waals surface area contributed by atoms with Gasteiger partial charge in [-0.1, -0.05) is 50.6 Å².